The van der Waals surface area contributed by atoms with Crippen LogP contribution in [0, 0.1) is 12.7 Å². The molecule has 0 aliphatic rings. The van der Waals surface area contributed by atoms with E-state index in [9.17, 15) is 4.39 Å². The van der Waals surface area contributed by atoms with E-state index in [2.05, 4.69) is 20.3 Å². The summed E-state index contributed by atoms with van der Waals surface area (Å²) in [5.41, 5.74) is 6.80. The number of hydrogen-bond donors (Lipinski definition) is 1. The molecule has 22 heavy (non-hydrogen) atoms. The average Bonchev–Trinajstić information content (AvgIpc) is 3.11. The first kappa shape index (κ1) is 14.9. The van der Waals surface area contributed by atoms with Gasteiger partial charge in [0.25, 0.3) is 0 Å². The number of aryl methyl sites for hydroxylation is 1. The first-order chi connectivity index (χ1) is 10.5. The topological polar surface area (TPSA) is 90.7 Å². The number of hydrogen-bond acceptors (Lipinski definition) is 8. The van der Waals surface area contributed by atoms with E-state index in [-0.39, 0.29) is 11.1 Å². The quantitative estimate of drug-likeness (QED) is 0.729. The lowest BCUT2D eigenvalue weighted by molar-refractivity contribution is 0.381. The first-order valence-electron chi connectivity index (χ1n) is 6.38. The Labute approximate surface area is 134 Å². The molecule has 0 saturated carbocycles. The van der Waals surface area contributed by atoms with E-state index >= 15 is 0 Å². The molecular weight excluding hydrogens is 325 g/mol. The van der Waals surface area contributed by atoms with Crippen LogP contribution in [0.2, 0.25) is 0 Å². The van der Waals surface area contributed by atoms with E-state index in [1.807, 2.05) is 6.92 Å². The molecule has 9 heteroatoms. The summed E-state index contributed by atoms with van der Waals surface area (Å²) in [6, 6.07) is 4.70. The highest BCUT2D eigenvalue weighted by Gasteiger charge is 2.18. The molecule has 1 atom stereocenters. The van der Waals surface area contributed by atoms with Gasteiger partial charge in [-0.3, -0.25) is 0 Å². The Morgan fingerprint density at radius 1 is 1.36 bits per heavy atom. The van der Waals surface area contributed by atoms with Crippen molar-refractivity contribution in [2.75, 3.05) is 5.73 Å². The van der Waals surface area contributed by atoms with Gasteiger partial charge >= 0.3 is 0 Å². The molecule has 2 heterocycles. The minimum atomic E-state index is -0.259. The molecule has 0 spiro atoms. The van der Waals surface area contributed by atoms with Crippen LogP contribution in [0.3, 0.4) is 0 Å². The zero-order chi connectivity index (χ0) is 15.7. The Kier molecular flexibility index (Phi) is 4.08. The van der Waals surface area contributed by atoms with Gasteiger partial charge in [-0.2, -0.15) is 4.98 Å². The molecule has 0 saturated heterocycles. The molecule has 1 aromatic carbocycles. The molecule has 6 nitrogen and oxygen atoms in total. The Balaban J connectivity index is 1.79. The zero-order valence-electron chi connectivity index (χ0n) is 11.8. The number of thioether (sulfide) groups is 1. The maximum atomic E-state index is 13.3. The molecule has 0 fully saturated rings. The summed E-state index contributed by atoms with van der Waals surface area (Å²) in [5.74, 6) is 0.642. The Hall–Kier alpha value is -2.00. The van der Waals surface area contributed by atoms with Crippen molar-refractivity contribution in [2.45, 2.75) is 23.4 Å². The lowest BCUT2D eigenvalue weighted by Crippen LogP contribution is -1.90. The molecule has 3 aromatic rings. The van der Waals surface area contributed by atoms with Crippen molar-refractivity contribution in [1.29, 1.82) is 0 Å². The maximum Gasteiger partial charge on any atom is 0.240 e. The van der Waals surface area contributed by atoms with Crippen LogP contribution in [0.25, 0.3) is 11.4 Å². The van der Waals surface area contributed by atoms with E-state index in [1.165, 1.54) is 29.2 Å². The number of aromatic nitrogens is 4. The fourth-order valence-corrected chi connectivity index (χ4v) is 3.58. The van der Waals surface area contributed by atoms with Crippen LogP contribution in [-0.4, -0.2) is 20.3 Å². The van der Waals surface area contributed by atoms with Crippen LogP contribution >= 0.6 is 23.1 Å². The third kappa shape index (κ3) is 3.09. The molecule has 0 aliphatic heterocycles. The van der Waals surface area contributed by atoms with Crippen LogP contribution in [0.5, 0.6) is 0 Å². The minimum Gasteiger partial charge on any atom is -0.374 e. The van der Waals surface area contributed by atoms with Crippen molar-refractivity contribution in [3.8, 4) is 11.4 Å². The summed E-state index contributed by atoms with van der Waals surface area (Å²) >= 11 is 2.74. The molecule has 0 aliphatic carbocycles. The molecular formula is C13H12FN5OS2. The maximum absolute atomic E-state index is 13.3. The summed E-state index contributed by atoms with van der Waals surface area (Å²) in [4.78, 5) is 4.36. The predicted molar refractivity (Wildman–Crippen MR) is 83.0 cm³/mol. The smallest absolute Gasteiger partial charge is 0.240 e. The largest absolute Gasteiger partial charge is 0.374 e. The highest BCUT2D eigenvalue weighted by Crippen LogP contribution is 2.36. The first-order valence-corrected chi connectivity index (χ1v) is 8.08. The number of anilines is 1. The lowest BCUT2D eigenvalue weighted by atomic mass is 10.1. The zero-order valence-corrected chi connectivity index (χ0v) is 13.4. The molecule has 114 valence electrons. The summed E-state index contributed by atoms with van der Waals surface area (Å²) in [7, 11) is 0. The van der Waals surface area contributed by atoms with E-state index in [1.54, 1.807) is 19.1 Å². The highest BCUT2D eigenvalue weighted by molar-refractivity contribution is 8.01. The fraction of sp³-hybridized carbons (Fsp3) is 0.231. The molecule has 1 unspecified atom stereocenters. The van der Waals surface area contributed by atoms with Crippen LogP contribution in [-0.2, 0) is 0 Å². The highest BCUT2D eigenvalue weighted by atomic mass is 32.2. The Bertz CT molecular complexity index is 803. The summed E-state index contributed by atoms with van der Waals surface area (Å²) in [6.07, 6.45) is 0. The van der Waals surface area contributed by atoms with Crippen LogP contribution in [0.15, 0.2) is 27.1 Å². The standard InChI is InChI=1S/C13H12FN5OS2/c1-6-5-8(3-4-9(6)14)10-16-11(20-19-10)7(2)21-13-18-17-12(15)22-13/h3-5,7H,1-2H3,(H2,15,17). The fourth-order valence-electron chi connectivity index (χ4n) is 1.77. The van der Waals surface area contributed by atoms with E-state index < -0.39 is 0 Å². The van der Waals surface area contributed by atoms with E-state index in [4.69, 9.17) is 10.3 Å². The molecule has 0 bridgehead atoms. The molecule has 2 N–H and O–H groups in total. The van der Waals surface area contributed by atoms with Crippen molar-refractivity contribution in [2.24, 2.45) is 0 Å². The number of nitrogens with zero attached hydrogens (tertiary/aromatic N) is 4. The van der Waals surface area contributed by atoms with Gasteiger partial charge in [-0.25, -0.2) is 4.39 Å². The number of rotatable bonds is 4. The second kappa shape index (κ2) is 6.01. The van der Waals surface area contributed by atoms with Gasteiger partial charge in [-0.05, 0) is 37.6 Å². The van der Waals surface area contributed by atoms with Crippen molar-refractivity contribution >= 4 is 28.2 Å². The van der Waals surface area contributed by atoms with Crippen molar-refractivity contribution in [3.63, 3.8) is 0 Å². The van der Waals surface area contributed by atoms with Gasteiger partial charge in [0, 0.05) is 5.56 Å². The molecule has 0 radical (unpaired) electrons. The summed E-state index contributed by atoms with van der Waals surface area (Å²) in [5, 5.41) is 12.0. The van der Waals surface area contributed by atoms with Gasteiger partial charge in [-0.15, -0.1) is 10.2 Å². The van der Waals surface area contributed by atoms with Crippen molar-refractivity contribution < 1.29 is 8.91 Å². The Morgan fingerprint density at radius 3 is 2.86 bits per heavy atom. The normalized spacial score (nSPS) is 12.5. The average molecular weight is 337 g/mol. The lowest BCUT2D eigenvalue weighted by Gasteiger charge is -2.01. The van der Waals surface area contributed by atoms with Gasteiger partial charge in [0.15, 0.2) is 4.34 Å². The number of nitrogens with two attached hydrogens (primary N) is 1. The van der Waals surface area contributed by atoms with Crippen LogP contribution in [0.4, 0.5) is 9.52 Å². The summed E-state index contributed by atoms with van der Waals surface area (Å²) in [6.45, 7) is 3.62. The van der Waals surface area contributed by atoms with Gasteiger partial charge in [-0.1, -0.05) is 28.3 Å². The van der Waals surface area contributed by atoms with E-state index in [0.717, 1.165) is 4.34 Å². The molecule has 3 rings (SSSR count). The van der Waals surface area contributed by atoms with Crippen molar-refractivity contribution in [1.82, 2.24) is 20.3 Å². The van der Waals surface area contributed by atoms with Gasteiger partial charge < -0.3 is 10.3 Å². The molecule has 2 aromatic heterocycles. The van der Waals surface area contributed by atoms with Gasteiger partial charge in [0.05, 0.1) is 5.25 Å². The van der Waals surface area contributed by atoms with E-state index in [0.29, 0.717) is 28.0 Å². The second-order valence-electron chi connectivity index (χ2n) is 4.59. The minimum absolute atomic E-state index is 0.0878. The number of halogens is 1. The molecule has 0 amide bonds. The second-order valence-corrected chi connectivity index (χ2v) is 7.18. The third-order valence-electron chi connectivity index (χ3n) is 2.91. The Morgan fingerprint density at radius 2 is 2.18 bits per heavy atom. The SMILES string of the molecule is Cc1cc(-c2noc(C(C)Sc3nnc(N)s3)n2)ccc1F. The number of nitrogen functional groups attached to an aromatic ring is 1. The number of benzene rings is 1. The van der Waals surface area contributed by atoms with Gasteiger partial charge in [0.1, 0.15) is 5.82 Å². The third-order valence-corrected chi connectivity index (χ3v) is 4.83. The summed E-state index contributed by atoms with van der Waals surface area (Å²) < 4.78 is 19.3. The van der Waals surface area contributed by atoms with Crippen LogP contribution in [0.1, 0.15) is 23.6 Å². The predicted octanol–water partition coefficient (Wildman–Crippen LogP) is 3.47. The van der Waals surface area contributed by atoms with Crippen molar-refractivity contribution in [3.05, 3.63) is 35.5 Å². The van der Waals surface area contributed by atoms with Crippen LogP contribution < -0.4 is 5.73 Å². The van der Waals surface area contributed by atoms with Gasteiger partial charge in [0.2, 0.25) is 16.8 Å². The monoisotopic (exact) mass is 337 g/mol.